The molecule has 0 aliphatic heterocycles. The number of rotatable bonds is 1. The van der Waals surface area contributed by atoms with Gasteiger partial charge in [0, 0.05) is 6.42 Å². The molecule has 0 aromatic rings. The molecule has 9 heavy (non-hydrogen) atoms. The van der Waals surface area contributed by atoms with Crippen LogP contribution in [-0.4, -0.2) is 13.1 Å². The van der Waals surface area contributed by atoms with Gasteiger partial charge < -0.3 is 4.74 Å². The van der Waals surface area contributed by atoms with Crippen molar-refractivity contribution >= 4 is 43.2 Å². The van der Waals surface area contributed by atoms with E-state index in [1.807, 2.05) is 0 Å². The summed E-state index contributed by atoms with van der Waals surface area (Å²) in [6.45, 7) is 1.76. The number of carbonyl (C=O) groups excluding carboxylic acids is 1. The molecule has 0 unspecified atom stereocenters. The maximum Gasteiger partial charge on any atom is 0.305 e. The number of hydrogen-bond donors (Lipinski definition) is 0. The summed E-state index contributed by atoms with van der Waals surface area (Å²) in [6, 6.07) is 0. The highest BCUT2D eigenvalue weighted by Gasteiger charge is 1.87. The Balaban J connectivity index is -0.0000000417. The molecular formula is C4H11Cl3O2. The minimum Gasteiger partial charge on any atom is -0.469 e. The van der Waals surface area contributed by atoms with Crippen molar-refractivity contribution in [2.24, 2.45) is 0 Å². The van der Waals surface area contributed by atoms with Gasteiger partial charge in [-0.25, -0.2) is 0 Å². The van der Waals surface area contributed by atoms with Crippen LogP contribution in [0, 0.1) is 0 Å². The number of methoxy groups -OCH3 is 1. The predicted octanol–water partition coefficient (Wildman–Crippen LogP) is 1.83. The maximum absolute atomic E-state index is 9.96. The Bertz CT molecular complexity index is 51.8. The van der Waals surface area contributed by atoms with E-state index in [1.54, 1.807) is 6.92 Å². The molecule has 0 aromatic heterocycles. The van der Waals surface area contributed by atoms with Crippen LogP contribution in [0.3, 0.4) is 0 Å². The lowest BCUT2D eigenvalue weighted by Crippen LogP contribution is -1.94. The van der Waals surface area contributed by atoms with Gasteiger partial charge in [0.15, 0.2) is 0 Å². The molecule has 0 heterocycles. The first-order valence-corrected chi connectivity index (χ1v) is 1.88. The van der Waals surface area contributed by atoms with E-state index in [2.05, 4.69) is 4.74 Å². The second-order valence-electron chi connectivity index (χ2n) is 0.930. The number of hydrogen-bond acceptors (Lipinski definition) is 2. The first-order valence-electron chi connectivity index (χ1n) is 1.88. The van der Waals surface area contributed by atoms with E-state index in [4.69, 9.17) is 0 Å². The second-order valence-corrected chi connectivity index (χ2v) is 0.930. The van der Waals surface area contributed by atoms with Gasteiger partial charge in [0.2, 0.25) is 0 Å². The van der Waals surface area contributed by atoms with E-state index in [0.717, 1.165) is 0 Å². The summed E-state index contributed by atoms with van der Waals surface area (Å²) in [4.78, 5) is 9.96. The lowest BCUT2D eigenvalue weighted by Gasteiger charge is -1.87. The van der Waals surface area contributed by atoms with Crippen LogP contribution in [0.25, 0.3) is 0 Å². The van der Waals surface area contributed by atoms with E-state index in [-0.39, 0.29) is 43.2 Å². The third kappa shape index (κ3) is 17.8. The SMILES string of the molecule is CCC(=O)OC.Cl.Cl.Cl. The van der Waals surface area contributed by atoms with Crippen molar-refractivity contribution < 1.29 is 9.53 Å². The van der Waals surface area contributed by atoms with Gasteiger partial charge >= 0.3 is 5.97 Å². The lowest BCUT2D eigenvalue weighted by atomic mass is 10.5. The monoisotopic (exact) mass is 196 g/mol. The van der Waals surface area contributed by atoms with Gasteiger partial charge in [-0.2, -0.15) is 0 Å². The molecule has 5 heteroatoms. The van der Waals surface area contributed by atoms with E-state index < -0.39 is 0 Å². The second kappa shape index (κ2) is 15.8. The number of ether oxygens (including phenoxy) is 1. The summed E-state index contributed by atoms with van der Waals surface area (Å²) in [5.41, 5.74) is 0. The molecular weight excluding hydrogens is 186 g/mol. The molecule has 0 saturated heterocycles. The van der Waals surface area contributed by atoms with Crippen LogP contribution in [0.4, 0.5) is 0 Å². The Kier molecular flexibility index (Phi) is 39.9. The summed E-state index contributed by atoms with van der Waals surface area (Å²) >= 11 is 0. The van der Waals surface area contributed by atoms with Crippen LogP contribution in [0.5, 0.6) is 0 Å². The van der Waals surface area contributed by atoms with Gasteiger partial charge in [-0.1, -0.05) is 6.92 Å². The Morgan fingerprint density at radius 1 is 1.33 bits per heavy atom. The minimum absolute atomic E-state index is 0. The number of halogens is 3. The smallest absolute Gasteiger partial charge is 0.305 e. The first kappa shape index (κ1) is 22.8. The predicted molar refractivity (Wildman–Crippen MR) is 44.1 cm³/mol. The summed E-state index contributed by atoms with van der Waals surface area (Å²) in [6.07, 6.45) is 0.469. The zero-order valence-electron chi connectivity index (χ0n) is 5.25. The van der Waals surface area contributed by atoms with Crippen molar-refractivity contribution in [3.63, 3.8) is 0 Å². The average molecular weight is 197 g/mol. The van der Waals surface area contributed by atoms with Gasteiger partial charge in [0.05, 0.1) is 7.11 Å². The molecule has 0 aliphatic carbocycles. The Morgan fingerprint density at radius 2 is 1.67 bits per heavy atom. The summed E-state index contributed by atoms with van der Waals surface area (Å²) in [5.74, 6) is -0.157. The van der Waals surface area contributed by atoms with Crippen molar-refractivity contribution in [2.75, 3.05) is 7.11 Å². The molecule has 0 saturated carbocycles. The normalized spacial score (nSPS) is 5.11. The molecule has 0 amide bonds. The molecule has 0 aliphatic rings. The Morgan fingerprint density at radius 3 is 1.67 bits per heavy atom. The van der Waals surface area contributed by atoms with E-state index in [0.29, 0.717) is 6.42 Å². The van der Waals surface area contributed by atoms with Crippen molar-refractivity contribution in [3.05, 3.63) is 0 Å². The fraction of sp³-hybridized carbons (Fsp3) is 0.750. The van der Waals surface area contributed by atoms with Gasteiger partial charge in [-0.15, -0.1) is 37.2 Å². The highest BCUT2D eigenvalue weighted by Crippen LogP contribution is 1.76. The third-order valence-corrected chi connectivity index (χ3v) is 0.516. The maximum atomic E-state index is 9.96. The third-order valence-electron chi connectivity index (χ3n) is 0.516. The van der Waals surface area contributed by atoms with Crippen LogP contribution >= 0.6 is 37.2 Å². The zero-order chi connectivity index (χ0) is 4.99. The fourth-order valence-corrected chi connectivity index (χ4v) is 0.144. The van der Waals surface area contributed by atoms with Crippen molar-refractivity contribution in [1.82, 2.24) is 0 Å². The molecule has 0 N–H and O–H groups in total. The molecule has 0 spiro atoms. The molecule has 0 fully saturated rings. The standard InChI is InChI=1S/C4H8O2.3ClH/c1-3-4(5)6-2;;;/h3H2,1-2H3;3*1H. The molecule has 60 valence electrons. The summed E-state index contributed by atoms with van der Waals surface area (Å²) in [7, 11) is 1.38. The zero-order valence-corrected chi connectivity index (χ0v) is 7.70. The van der Waals surface area contributed by atoms with Gasteiger partial charge in [-0.05, 0) is 0 Å². The van der Waals surface area contributed by atoms with E-state index >= 15 is 0 Å². The first-order chi connectivity index (χ1) is 2.81. The largest absolute Gasteiger partial charge is 0.469 e. The molecule has 0 bridgehead atoms. The highest BCUT2D eigenvalue weighted by atomic mass is 35.5. The van der Waals surface area contributed by atoms with Gasteiger partial charge in [-0.3, -0.25) is 4.79 Å². The van der Waals surface area contributed by atoms with Crippen molar-refractivity contribution in [2.45, 2.75) is 13.3 Å². The van der Waals surface area contributed by atoms with Crippen LogP contribution < -0.4 is 0 Å². The van der Waals surface area contributed by atoms with E-state index in [9.17, 15) is 4.79 Å². The quantitative estimate of drug-likeness (QED) is 0.600. The summed E-state index contributed by atoms with van der Waals surface area (Å²) in [5, 5.41) is 0. The van der Waals surface area contributed by atoms with E-state index in [1.165, 1.54) is 7.11 Å². The van der Waals surface area contributed by atoms with Gasteiger partial charge in [0.1, 0.15) is 0 Å². The molecule has 0 aromatic carbocycles. The Hall–Kier alpha value is 0.340. The number of esters is 1. The van der Waals surface area contributed by atoms with Crippen molar-refractivity contribution in [1.29, 1.82) is 0 Å². The average Bonchev–Trinajstić information content (AvgIpc) is 1.65. The summed E-state index contributed by atoms with van der Waals surface area (Å²) < 4.78 is 4.26. The molecule has 2 nitrogen and oxygen atoms in total. The lowest BCUT2D eigenvalue weighted by molar-refractivity contribution is -0.140. The topological polar surface area (TPSA) is 26.3 Å². The number of carbonyl (C=O) groups is 1. The van der Waals surface area contributed by atoms with Crippen LogP contribution in [0.15, 0.2) is 0 Å². The minimum atomic E-state index is -0.157. The van der Waals surface area contributed by atoms with Crippen LogP contribution in [0.1, 0.15) is 13.3 Å². The van der Waals surface area contributed by atoms with Crippen LogP contribution in [0.2, 0.25) is 0 Å². The molecule has 0 radical (unpaired) electrons. The fourth-order valence-electron chi connectivity index (χ4n) is 0.144. The highest BCUT2D eigenvalue weighted by molar-refractivity contribution is 5.86. The van der Waals surface area contributed by atoms with Gasteiger partial charge in [0.25, 0.3) is 0 Å². The Labute approximate surface area is 73.6 Å². The molecule has 0 rings (SSSR count). The van der Waals surface area contributed by atoms with Crippen molar-refractivity contribution in [3.8, 4) is 0 Å². The molecule has 0 atom stereocenters. The van der Waals surface area contributed by atoms with Crippen LogP contribution in [-0.2, 0) is 9.53 Å².